The van der Waals surface area contributed by atoms with E-state index in [1.165, 1.54) is 0 Å². The summed E-state index contributed by atoms with van der Waals surface area (Å²) in [5.74, 6) is -0.291. The maximum absolute atomic E-state index is 10.4. The maximum atomic E-state index is 10.4. The van der Waals surface area contributed by atoms with Crippen LogP contribution in [0.2, 0.25) is 0 Å². The van der Waals surface area contributed by atoms with Crippen LogP contribution in [-0.2, 0) is 11.3 Å². The molecule has 0 bridgehead atoms. The van der Waals surface area contributed by atoms with E-state index in [4.69, 9.17) is 5.73 Å². The van der Waals surface area contributed by atoms with E-state index < -0.39 is 0 Å². The Morgan fingerprint density at radius 1 is 1.67 bits per heavy atom. The summed E-state index contributed by atoms with van der Waals surface area (Å²) < 4.78 is 1.75. The van der Waals surface area contributed by atoms with Crippen LogP contribution >= 0.6 is 0 Å². The van der Waals surface area contributed by atoms with Crippen LogP contribution in [0.5, 0.6) is 0 Å². The van der Waals surface area contributed by atoms with Crippen LogP contribution in [0, 0.1) is 13.8 Å². The predicted octanol–water partition coefficient (Wildman–Crippen LogP) is 0.375. The highest BCUT2D eigenvalue weighted by Crippen LogP contribution is 2.02. The molecule has 0 fully saturated rings. The largest absolute Gasteiger partial charge is 0.370 e. The molecule has 1 heterocycles. The van der Waals surface area contributed by atoms with E-state index in [2.05, 4.69) is 5.10 Å². The molecule has 0 spiro atoms. The molecule has 1 amide bonds. The van der Waals surface area contributed by atoms with Gasteiger partial charge in [0, 0.05) is 19.2 Å². The van der Waals surface area contributed by atoms with Crippen molar-refractivity contribution >= 4 is 5.91 Å². The lowest BCUT2D eigenvalue weighted by Gasteiger charge is -1.96. The molecular weight excluding hydrogens is 154 g/mol. The minimum absolute atomic E-state index is 0.291. The molecule has 0 atom stereocenters. The van der Waals surface area contributed by atoms with E-state index in [-0.39, 0.29) is 5.91 Å². The summed E-state index contributed by atoms with van der Waals surface area (Å²) in [6.07, 6.45) is 2.26. The molecule has 2 N–H and O–H groups in total. The van der Waals surface area contributed by atoms with E-state index in [1.54, 1.807) is 4.68 Å². The number of carbonyl (C=O) groups is 1. The Hall–Kier alpha value is -1.32. The van der Waals surface area contributed by atoms with Gasteiger partial charge in [0.25, 0.3) is 0 Å². The standard InChI is InChI=1S/C8H13N3O/c1-6-5-11(10-7(6)2)4-3-8(9)12/h5H,3-4H2,1-2H3,(H2,9,12). The van der Waals surface area contributed by atoms with Gasteiger partial charge in [0.2, 0.25) is 5.91 Å². The summed E-state index contributed by atoms with van der Waals surface area (Å²) in [5.41, 5.74) is 7.14. The SMILES string of the molecule is Cc1cn(CCC(N)=O)nc1C. The highest BCUT2D eigenvalue weighted by molar-refractivity contribution is 5.73. The van der Waals surface area contributed by atoms with Crippen LogP contribution in [0.15, 0.2) is 6.20 Å². The Balaban J connectivity index is 2.58. The third-order valence-corrected chi connectivity index (χ3v) is 1.78. The second kappa shape index (κ2) is 3.38. The molecule has 1 aromatic heterocycles. The molecule has 0 saturated heterocycles. The molecular formula is C8H13N3O. The zero-order valence-electron chi connectivity index (χ0n) is 7.37. The molecule has 0 aliphatic carbocycles. The summed E-state index contributed by atoms with van der Waals surface area (Å²) in [6, 6.07) is 0. The summed E-state index contributed by atoms with van der Waals surface area (Å²) in [4.78, 5) is 10.4. The molecule has 0 aliphatic rings. The van der Waals surface area contributed by atoms with Crippen molar-refractivity contribution in [2.45, 2.75) is 26.8 Å². The number of rotatable bonds is 3. The molecule has 4 heteroatoms. The van der Waals surface area contributed by atoms with Gasteiger partial charge in [0.05, 0.1) is 5.69 Å². The molecule has 0 aromatic carbocycles. The second-order valence-corrected chi connectivity index (χ2v) is 2.88. The lowest BCUT2D eigenvalue weighted by Crippen LogP contribution is -2.14. The van der Waals surface area contributed by atoms with Crippen LogP contribution in [-0.4, -0.2) is 15.7 Å². The van der Waals surface area contributed by atoms with Crippen molar-refractivity contribution in [2.75, 3.05) is 0 Å². The Morgan fingerprint density at radius 3 is 2.75 bits per heavy atom. The summed E-state index contributed by atoms with van der Waals surface area (Å²) >= 11 is 0. The average molecular weight is 167 g/mol. The van der Waals surface area contributed by atoms with Crippen LogP contribution in [0.1, 0.15) is 17.7 Å². The molecule has 12 heavy (non-hydrogen) atoms. The summed E-state index contributed by atoms with van der Waals surface area (Å²) in [7, 11) is 0. The molecule has 1 rings (SSSR count). The zero-order valence-corrected chi connectivity index (χ0v) is 7.37. The van der Waals surface area contributed by atoms with Crippen molar-refractivity contribution in [1.82, 2.24) is 9.78 Å². The predicted molar refractivity (Wildman–Crippen MR) is 45.5 cm³/mol. The first-order valence-electron chi connectivity index (χ1n) is 3.88. The number of nitrogens with zero attached hydrogens (tertiary/aromatic N) is 2. The van der Waals surface area contributed by atoms with Gasteiger partial charge in [-0.15, -0.1) is 0 Å². The fourth-order valence-electron chi connectivity index (χ4n) is 0.957. The van der Waals surface area contributed by atoms with Gasteiger partial charge in [-0.25, -0.2) is 0 Å². The number of hydrogen-bond donors (Lipinski definition) is 1. The normalized spacial score (nSPS) is 10.2. The van der Waals surface area contributed by atoms with E-state index in [1.807, 2.05) is 20.0 Å². The number of amides is 1. The van der Waals surface area contributed by atoms with Crippen LogP contribution in [0.25, 0.3) is 0 Å². The van der Waals surface area contributed by atoms with Gasteiger partial charge in [-0.05, 0) is 19.4 Å². The van der Waals surface area contributed by atoms with Gasteiger partial charge in [-0.1, -0.05) is 0 Å². The average Bonchev–Trinajstić information content (AvgIpc) is 2.28. The third-order valence-electron chi connectivity index (χ3n) is 1.78. The summed E-state index contributed by atoms with van der Waals surface area (Å²) in [6.45, 7) is 4.50. The number of nitrogens with two attached hydrogens (primary N) is 1. The highest BCUT2D eigenvalue weighted by Gasteiger charge is 2.00. The van der Waals surface area contributed by atoms with Crippen molar-refractivity contribution in [3.05, 3.63) is 17.5 Å². The molecule has 4 nitrogen and oxygen atoms in total. The monoisotopic (exact) mass is 167 g/mol. The highest BCUT2D eigenvalue weighted by atomic mass is 16.1. The quantitative estimate of drug-likeness (QED) is 0.707. The van der Waals surface area contributed by atoms with Gasteiger partial charge in [0.15, 0.2) is 0 Å². The molecule has 1 aromatic rings. The fraction of sp³-hybridized carbons (Fsp3) is 0.500. The van der Waals surface area contributed by atoms with Crippen LogP contribution in [0.3, 0.4) is 0 Å². The minimum atomic E-state index is -0.291. The number of primary amides is 1. The minimum Gasteiger partial charge on any atom is -0.370 e. The third kappa shape index (κ3) is 2.08. The first-order valence-corrected chi connectivity index (χ1v) is 3.88. The van der Waals surface area contributed by atoms with Gasteiger partial charge >= 0.3 is 0 Å². The summed E-state index contributed by atoms with van der Waals surface area (Å²) in [5, 5.41) is 4.19. The van der Waals surface area contributed by atoms with E-state index in [0.29, 0.717) is 13.0 Å². The Bertz CT molecular complexity index is 271. The van der Waals surface area contributed by atoms with Crippen molar-refractivity contribution in [3.63, 3.8) is 0 Å². The van der Waals surface area contributed by atoms with Gasteiger partial charge in [-0.3, -0.25) is 9.48 Å². The van der Waals surface area contributed by atoms with E-state index in [9.17, 15) is 4.79 Å². The Labute approximate surface area is 71.4 Å². The number of carbonyl (C=O) groups excluding carboxylic acids is 1. The van der Waals surface area contributed by atoms with Crippen LogP contribution in [0.4, 0.5) is 0 Å². The molecule has 0 unspecified atom stereocenters. The Kier molecular flexibility index (Phi) is 2.47. The van der Waals surface area contributed by atoms with Gasteiger partial charge < -0.3 is 5.73 Å². The first kappa shape index (κ1) is 8.77. The zero-order chi connectivity index (χ0) is 9.14. The maximum Gasteiger partial charge on any atom is 0.219 e. The molecule has 0 saturated carbocycles. The number of hydrogen-bond acceptors (Lipinski definition) is 2. The molecule has 66 valence electrons. The lowest BCUT2D eigenvalue weighted by atomic mass is 10.3. The molecule has 0 aliphatic heterocycles. The van der Waals surface area contributed by atoms with Gasteiger partial charge in [-0.2, -0.15) is 5.10 Å². The van der Waals surface area contributed by atoms with Crippen molar-refractivity contribution in [3.8, 4) is 0 Å². The molecule has 0 radical (unpaired) electrons. The van der Waals surface area contributed by atoms with Gasteiger partial charge in [0.1, 0.15) is 0 Å². The van der Waals surface area contributed by atoms with Crippen molar-refractivity contribution in [1.29, 1.82) is 0 Å². The van der Waals surface area contributed by atoms with Crippen LogP contribution < -0.4 is 5.73 Å². The Morgan fingerprint density at radius 2 is 2.33 bits per heavy atom. The lowest BCUT2D eigenvalue weighted by molar-refractivity contribution is -0.118. The van der Waals surface area contributed by atoms with Crippen molar-refractivity contribution in [2.24, 2.45) is 5.73 Å². The first-order chi connectivity index (χ1) is 5.59. The van der Waals surface area contributed by atoms with E-state index >= 15 is 0 Å². The van der Waals surface area contributed by atoms with Crippen molar-refractivity contribution < 1.29 is 4.79 Å². The fourth-order valence-corrected chi connectivity index (χ4v) is 0.957. The number of aryl methyl sites for hydroxylation is 3. The topological polar surface area (TPSA) is 60.9 Å². The smallest absolute Gasteiger partial charge is 0.219 e. The number of aromatic nitrogens is 2. The second-order valence-electron chi connectivity index (χ2n) is 2.88. The van der Waals surface area contributed by atoms with E-state index in [0.717, 1.165) is 11.3 Å².